The van der Waals surface area contributed by atoms with Crippen LogP contribution in [-0.4, -0.2) is 34.5 Å². The van der Waals surface area contributed by atoms with E-state index in [1.807, 2.05) is 0 Å². The molecule has 0 aliphatic rings. The minimum atomic E-state index is -3.58. The first-order chi connectivity index (χ1) is 9.16. The first-order valence-corrected chi connectivity index (χ1v) is 9.52. The highest BCUT2D eigenvalue weighted by Gasteiger charge is 2.15. The van der Waals surface area contributed by atoms with Gasteiger partial charge in [0, 0.05) is 17.6 Å². The lowest BCUT2D eigenvalue weighted by Crippen LogP contribution is -2.30. The van der Waals surface area contributed by atoms with E-state index in [9.17, 15) is 16.8 Å². The molecule has 0 spiro atoms. The van der Waals surface area contributed by atoms with Crippen molar-refractivity contribution in [3.8, 4) is 0 Å². The number of hydrogen-bond donors (Lipinski definition) is 2. The van der Waals surface area contributed by atoms with Crippen molar-refractivity contribution in [1.29, 1.82) is 0 Å². The number of hydrogen-bond acceptors (Lipinski definition) is 4. The van der Waals surface area contributed by atoms with Crippen LogP contribution in [0.25, 0.3) is 0 Å². The van der Waals surface area contributed by atoms with Crippen molar-refractivity contribution in [2.24, 2.45) is 0 Å². The van der Waals surface area contributed by atoms with E-state index in [0.29, 0.717) is 5.69 Å². The van der Waals surface area contributed by atoms with Crippen molar-refractivity contribution in [3.63, 3.8) is 0 Å². The molecule has 0 aliphatic heterocycles. The van der Waals surface area contributed by atoms with Gasteiger partial charge in [-0.3, -0.25) is 4.72 Å². The average Bonchev–Trinajstić information content (AvgIpc) is 2.27. The van der Waals surface area contributed by atoms with E-state index in [1.54, 1.807) is 13.8 Å². The number of benzene rings is 1. The summed E-state index contributed by atoms with van der Waals surface area (Å²) in [6.45, 7) is 3.43. The normalized spacial score (nSPS) is 12.6. The van der Waals surface area contributed by atoms with Crippen LogP contribution in [0.4, 0.5) is 5.69 Å². The molecular formula is C11H17ClN2O4S2. The summed E-state index contributed by atoms with van der Waals surface area (Å²) in [6, 6.07) is 5.23. The molecule has 0 atom stereocenters. The van der Waals surface area contributed by atoms with Crippen molar-refractivity contribution in [2.75, 3.05) is 16.4 Å². The molecule has 1 rings (SSSR count). The van der Waals surface area contributed by atoms with Gasteiger partial charge in [-0.25, -0.2) is 21.6 Å². The molecule has 20 heavy (non-hydrogen) atoms. The number of alkyl halides is 1. The van der Waals surface area contributed by atoms with Crippen molar-refractivity contribution >= 4 is 37.3 Å². The van der Waals surface area contributed by atoms with E-state index in [2.05, 4.69) is 9.44 Å². The van der Waals surface area contributed by atoms with E-state index in [4.69, 9.17) is 11.6 Å². The van der Waals surface area contributed by atoms with Gasteiger partial charge in [-0.2, -0.15) is 0 Å². The second-order valence-electron chi connectivity index (χ2n) is 4.41. The van der Waals surface area contributed by atoms with Crippen LogP contribution in [-0.2, 0) is 20.0 Å². The smallest absolute Gasteiger partial charge is 0.240 e. The summed E-state index contributed by atoms with van der Waals surface area (Å²) in [5.41, 5.74) is 0.290. The Morgan fingerprint density at radius 2 is 1.65 bits per heavy atom. The van der Waals surface area contributed by atoms with Gasteiger partial charge in [0.25, 0.3) is 0 Å². The summed E-state index contributed by atoms with van der Waals surface area (Å²) < 4.78 is 51.5. The van der Waals surface area contributed by atoms with Crippen LogP contribution in [0.3, 0.4) is 0 Å². The second kappa shape index (κ2) is 6.75. The van der Waals surface area contributed by atoms with Gasteiger partial charge in [-0.1, -0.05) is 0 Å². The fourth-order valence-electron chi connectivity index (χ4n) is 1.41. The first kappa shape index (κ1) is 17.2. The molecule has 0 aromatic heterocycles. The van der Waals surface area contributed by atoms with Crippen LogP contribution >= 0.6 is 11.6 Å². The zero-order valence-electron chi connectivity index (χ0n) is 11.1. The topological polar surface area (TPSA) is 92.3 Å². The summed E-state index contributed by atoms with van der Waals surface area (Å²) in [5.74, 6) is -0.219. The second-order valence-corrected chi connectivity index (χ2v) is 8.34. The van der Waals surface area contributed by atoms with E-state index in [1.165, 1.54) is 24.3 Å². The molecule has 0 saturated carbocycles. The van der Waals surface area contributed by atoms with E-state index in [0.717, 1.165) is 0 Å². The third kappa shape index (κ3) is 5.28. The molecule has 0 amide bonds. The van der Waals surface area contributed by atoms with Crippen molar-refractivity contribution in [1.82, 2.24) is 4.72 Å². The monoisotopic (exact) mass is 340 g/mol. The lowest BCUT2D eigenvalue weighted by atomic mass is 10.3. The largest absolute Gasteiger partial charge is 0.284 e. The quantitative estimate of drug-likeness (QED) is 0.733. The molecule has 0 aliphatic carbocycles. The van der Waals surface area contributed by atoms with Crippen molar-refractivity contribution < 1.29 is 16.8 Å². The molecule has 1 aromatic rings. The Balaban J connectivity index is 2.90. The van der Waals surface area contributed by atoms with Crippen LogP contribution < -0.4 is 9.44 Å². The van der Waals surface area contributed by atoms with Gasteiger partial charge in [0.15, 0.2) is 0 Å². The molecule has 6 nitrogen and oxygen atoms in total. The maximum atomic E-state index is 11.9. The van der Waals surface area contributed by atoms with Crippen LogP contribution in [0.5, 0.6) is 0 Å². The SMILES string of the molecule is CC(C)NS(=O)(=O)c1ccc(NS(=O)(=O)CCCl)cc1. The molecule has 0 radical (unpaired) electrons. The minimum absolute atomic E-state index is 0.0138. The maximum absolute atomic E-state index is 11.9. The van der Waals surface area contributed by atoms with Crippen LogP contribution in [0.2, 0.25) is 0 Å². The molecule has 114 valence electrons. The zero-order valence-corrected chi connectivity index (χ0v) is 13.5. The summed E-state index contributed by atoms with van der Waals surface area (Å²) in [6.07, 6.45) is 0. The highest BCUT2D eigenvalue weighted by atomic mass is 35.5. The molecule has 1 aromatic carbocycles. The molecular weight excluding hydrogens is 324 g/mol. The molecule has 0 heterocycles. The predicted octanol–water partition coefficient (Wildman–Crippen LogP) is 1.35. The van der Waals surface area contributed by atoms with Gasteiger partial charge < -0.3 is 0 Å². The Morgan fingerprint density at radius 3 is 2.10 bits per heavy atom. The van der Waals surface area contributed by atoms with Gasteiger partial charge in [-0.05, 0) is 38.1 Å². The number of rotatable bonds is 7. The molecule has 0 bridgehead atoms. The van der Waals surface area contributed by atoms with Gasteiger partial charge in [0.2, 0.25) is 20.0 Å². The van der Waals surface area contributed by atoms with E-state index >= 15 is 0 Å². The summed E-state index contributed by atoms with van der Waals surface area (Å²) in [7, 11) is -7.08. The molecule has 2 N–H and O–H groups in total. The number of sulfonamides is 2. The van der Waals surface area contributed by atoms with Gasteiger partial charge in [0.1, 0.15) is 0 Å². The first-order valence-electron chi connectivity index (χ1n) is 5.85. The predicted molar refractivity (Wildman–Crippen MR) is 80.0 cm³/mol. The molecule has 0 fully saturated rings. The van der Waals surface area contributed by atoms with Crippen LogP contribution in [0.15, 0.2) is 29.2 Å². The summed E-state index contributed by atoms with van der Waals surface area (Å²) in [5, 5.41) is 0. The van der Waals surface area contributed by atoms with Crippen LogP contribution in [0, 0.1) is 0 Å². The Labute approximate surface area is 124 Å². The Morgan fingerprint density at radius 1 is 1.10 bits per heavy atom. The Kier molecular flexibility index (Phi) is 5.81. The standard InChI is InChI=1S/C11H17ClN2O4S2/c1-9(2)13-20(17,18)11-5-3-10(4-6-11)14-19(15,16)8-7-12/h3-6,9,13-14H,7-8H2,1-2H3. The van der Waals surface area contributed by atoms with Crippen molar-refractivity contribution in [3.05, 3.63) is 24.3 Å². The summed E-state index contributed by atoms with van der Waals surface area (Å²) >= 11 is 5.38. The minimum Gasteiger partial charge on any atom is -0.284 e. The molecule has 9 heteroatoms. The molecule has 0 saturated heterocycles. The number of anilines is 1. The third-order valence-corrected chi connectivity index (χ3v) is 5.55. The third-order valence-electron chi connectivity index (χ3n) is 2.17. The fourth-order valence-corrected chi connectivity index (χ4v) is 4.07. The highest BCUT2D eigenvalue weighted by Crippen LogP contribution is 2.15. The Bertz CT molecular complexity index is 640. The lowest BCUT2D eigenvalue weighted by Gasteiger charge is -2.11. The van der Waals surface area contributed by atoms with Gasteiger partial charge in [0.05, 0.1) is 10.6 Å². The lowest BCUT2D eigenvalue weighted by molar-refractivity contribution is 0.570. The van der Waals surface area contributed by atoms with Gasteiger partial charge in [-0.15, -0.1) is 11.6 Å². The number of halogens is 1. The van der Waals surface area contributed by atoms with Crippen molar-refractivity contribution in [2.45, 2.75) is 24.8 Å². The van der Waals surface area contributed by atoms with E-state index < -0.39 is 20.0 Å². The van der Waals surface area contributed by atoms with E-state index in [-0.39, 0.29) is 22.6 Å². The maximum Gasteiger partial charge on any atom is 0.240 e. The Hall–Kier alpha value is -0.830. The fraction of sp³-hybridized carbons (Fsp3) is 0.455. The molecule has 0 unspecified atom stereocenters. The zero-order chi connectivity index (χ0) is 15.4. The van der Waals surface area contributed by atoms with Crippen LogP contribution in [0.1, 0.15) is 13.8 Å². The average molecular weight is 341 g/mol. The summed E-state index contributed by atoms with van der Waals surface area (Å²) in [4.78, 5) is 0.0755. The highest BCUT2D eigenvalue weighted by molar-refractivity contribution is 7.92. The van der Waals surface area contributed by atoms with Gasteiger partial charge >= 0.3 is 0 Å². The number of nitrogens with one attached hydrogen (secondary N) is 2.